The van der Waals surface area contributed by atoms with Crippen LogP contribution < -0.4 is 14.4 Å². The van der Waals surface area contributed by atoms with E-state index in [2.05, 4.69) is 5.32 Å². The minimum atomic E-state index is -3.87. The lowest BCUT2D eigenvalue weighted by atomic mass is 10.0. The van der Waals surface area contributed by atoms with Gasteiger partial charge in [0.15, 0.2) is 0 Å². The number of carbonyl (C=O) groups is 1. The lowest BCUT2D eigenvalue weighted by Crippen LogP contribution is -2.42. The monoisotopic (exact) mass is 392 g/mol. The second kappa shape index (κ2) is 6.17. The van der Waals surface area contributed by atoms with Gasteiger partial charge in [0.2, 0.25) is 0 Å². The standard InChI is InChI=1S/C18H17ClN2O4S/c1-11-10-21(16-8-13(19)3-5-17(16)25-11)26(23,24)14-4-2-12-6-7-20-18(22)15(12)9-14/h2-5,8-9,11H,6-7,10H2,1H3,(H,20,22)/t11-/m0/s1. The van der Waals surface area contributed by atoms with E-state index < -0.39 is 10.0 Å². The van der Waals surface area contributed by atoms with Crippen LogP contribution in [-0.2, 0) is 16.4 Å². The van der Waals surface area contributed by atoms with E-state index >= 15 is 0 Å². The number of amides is 1. The molecule has 6 nitrogen and oxygen atoms in total. The van der Waals surface area contributed by atoms with Crippen LogP contribution in [0.15, 0.2) is 41.3 Å². The fourth-order valence-electron chi connectivity index (χ4n) is 3.28. The van der Waals surface area contributed by atoms with Crippen LogP contribution in [0.4, 0.5) is 5.69 Å². The summed E-state index contributed by atoms with van der Waals surface area (Å²) in [6, 6.07) is 9.61. The number of ether oxygens (including phenoxy) is 1. The minimum absolute atomic E-state index is 0.0772. The molecule has 8 heteroatoms. The topological polar surface area (TPSA) is 75.7 Å². The molecule has 0 bridgehead atoms. The SMILES string of the molecule is C[C@H]1CN(S(=O)(=O)c2ccc3c(c2)C(=O)NCC3)c2cc(Cl)ccc2O1. The molecule has 4 rings (SSSR count). The van der Waals surface area contributed by atoms with Crippen LogP contribution in [-0.4, -0.2) is 33.5 Å². The van der Waals surface area contributed by atoms with Gasteiger partial charge >= 0.3 is 0 Å². The molecule has 0 spiro atoms. The highest BCUT2D eigenvalue weighted by molar-refractivity contribution is 7.92. The predicted octanol–water partition coefficient (Wildman–Crippen LogP) is 2.60. The minimum Gasteiger partial charge on any atom is -0.487 e. The third-order valence-corrected chi connectivity index (χ3v) is 6.55. The highest BCUT2D eigenvalue weighted by atomic mass is 35.5. The maximum Gasteiger partial charge on any atom is 0.264 e. The Bertz CT molecular complexity index is 1010. The Kier molecular flexibility index (Phi) is 4.08. The summed E-state index contributed by atoms with van der Waals surface area (Å²) in [5.41, 5.74) is 1.66. The maximum atomic E-state index is 13.3. The smallest absolute Gasteiger partial charge is 0.264 e. The van der Waals surface area contributed by atoms with E-state index in [1.54, 1.807) is 37.3 Å². The Hall–Kier alpha value is -2.25. The van der Waals surface area contributed by atoms with E-state index in [4.69, 9.17) is 16.3 Å². The summed E-state index contributed by atoms with van der Waals surface area (Å²) in [7, 11) is -3.87. The summed E-state index contributed by atoms with van der Waals surface area (Å²) in [4.78, 5) is 12.2. The number of hydrogen-bond acceptors (Lipinski definition) is 4. The second-order valence-corrected chi connectivity index (χ2v) is 8.70. The fraction of sp³-hybridized carbons (Fsp3) is 0.278. The van der Waals surface area contributed by atoms with Crippen LogP contribution in [0.1, 0.15) is 22.8 Å². The molecule has 2 heterocycles. The summed E-state index contributed by atoms with van der Waals surface area (Å²) in [6.45, 7) is 2.53. The van der Waals surface area contributed by atoms with Crippen LogP contribution in [0, 0.1) is 0 Å². The quantitative estimate of drug-likeness (QED) is 0.852. The van der Waals surface area contributed by atoms with Gasteiger partial charge in [-0.2, -0.15) is 0 Å². The zero-order chi connectivity index (χ0) is 18.5. The predicted molar refractivity (Wildman–Crippen MR) is 98.6 cm³/mol. The Morgan fingerprint density at radius 1 is 1.23 bits per heavy atom. The van der Waals surface area contributed by atoms with Gasteiger partial charge in [0, 0.05) is 17.1 Å². The average Bonchev–Trinajstić information content (AvgIpc) is 2.61. The highest BCUT2D eigenvalue weighted by Gasteiger charge is 2.34. The number of rotatable bonds is 2. The molecule has 26 heavy (non-hydrogen) atoms. The molecule has 1 N–H and O–H groups in total. The van der Waals surface area contributed by atoms with Crippen molar-refractivity contribution < 1.29 is 17.9 Å². The van der Waals surface area contributed by atoms with E-state index in [1.807, 2.05) is 0 Å². The molecule has 136 valence electrons. The lowest BCUT2D eigenvalue weighted by Gasteiger charge is -2.34. The van der Waals surface area contributed by atoms with Gasteiger partial charge in [0.1, 0.15) is 11.9 Å². The van der Waals surface area contributed by atoms with E-state index in [0.29, 0.717) is 35.0 Å². The summed E-state index contributed by atoms with van der Waals surface area (Å²) in [5.74, 6) is 0.217. The number of carbonyl (C=O) groups excluding carboxylic acids is 1. The lowest BCUT2D eigenvalue weighted by molar-refractivity contribution is 0.0945. The first-order valence-corrected chi connectivity index (χ1v) is 10.1. The number of anilines is 1. The van der Waals surface area contributed by atoms with Crippen molar-refractivity contribution in [3.63, 3.8) is 0 Å². The molecule has 0 aromatic heterocycles. The van der Waals surface area contributed by atoms with Crippen molar-refractivity contribution in [2.45, 2.75) is 24.3 Å². The highest BCUT2D eigenvalue weighted by Crippen LogP contribution is 2.39. The average molecular weight is 393 g/mol. The van der Waals surface area contributed by atoms with Crippen LogP contribution in [0.3, 0.4) is 0 Å². The molecule has 0 saturated carbocycles. The molecule has 2 aromatic carbocycles. The van der Waals surface area contributed by atoms with Crippen molar-refractivity contribution in [1.82, 2.24) is 5.32 Å². The summed E-state index contributed by atoms with van der Waals surface area (Å²) >= 11 is 6.06. The first-order valence-electron chi connectivity index (χ1n) is 8.26. The van der Waals surface area contributed by atoms with Crippen molar-refractivity contribution in [1.29, 1.82) is 0 Å². The summed E-state index contributed by atoms with van der Waals surface area (Å²) in [6.07, 6.45) is 0.383. The van der Waals surface area contributed by atoms with Gasteiger partial charge < -0.3 is 10.1 Å². The van der Waals surface area contributed by atoms with Gasteiger partial charge in [0.05, 0.1) is 17.1 Å². The molecular formula is C18H17ClN2O4S. The van der Waals surface area contributed by atoms with E-state index in [0.717, 1.165) is 5.56 Å². The molecular weight excluding hydrogens is 376 g/mol. The number of fused-ring (bicyclic) bond motifs is 2. The second-order valence-electron chi connectivity index (χ2n) is 6.40. The molecule has 1 amide bonds. The zero-order valence-corrected chi connectivity index (χ0v) is 15.6. The number of halogens is 1. The Balaban J connectivity index is 1.82. The van der Waals surface area contributed by atoms with Crippen molar-refractivity contribution >= 4 is 33.2 Å². The number of nitrogens with zero attached hydrogens (tertiary/aromatic N) is 1. The van der Waals surface area contributed by atoms with Crippen molar-refractivity contribution in [3.05, 3.63) is 52.5 Å². The molecule has 0 saturated heterocycles. The molecule has 2 aromatic rings. The number of benzene rings is 2. The normalized spacial score (nSPS) is 19.2. The molecule has 0 fully saturated rings. The van der Waals surface area contributed by atoms with E-state index in [1.165, 1.54) is 10.4 Å². The van der Waals surface area contributed by atoms with Gasteiger partial charge in [-0.05, 0) is 49.2 Å². The third kappa shape index (κ3) is 2.81. The molecule has 0 unspecified atom stereocenters. The number of nitrogens with one attached hydrogen (secondary N) is 1. The van der Waals surface area contributed by atoms with Crippen LogP contribution >= 0.6 is 11.6 Å². The van der Waals surface area contributed by atoms with Gasteiger partial charge in [-0.1, -0.05) is 17.7 Å². The number of sulfonamides is 1. The van der Waals surface area contributed by atoms with Gasteiger partial charge in [-0.15, -0.1) is 0 Å². The van der Waals surface area contributed by atoms with E-state index in [-0.39, 0.29) is 23.5 Å². The van der Waals surface area contributed by atoms with Crippen molar-refractivity contribution in [3.8, 4) is 5.75 Å². The largest absolute Gasteiger partial charge is 0.487 e. The first-order chi connectivity index (χ1) is 12.4. The van der Waals surface area contributed by atoms with Crippen LogP contribution in [0.2, 0.25) is 5.02 Å². The van der Waals surface area contributed by atoms with Gasteiger partial charge in [0.25, 0.3) is 15.9 Å². The van der Waals surface area contributed by atoms with Crippen LogP contribution in [0.5, 0.6) is 5.75 Å². The Morgan fingerprint density at radius 3 is 2.85 bits per heavy atom. The van der Waals surface area contributed by atoms with Gasteiger partial charge in [-0.25, -0.2) is 8.42 Å². The van der Waals surface area contributed by atoms with Crippen molar-refractivity contribution in [2.24, 2.45) is 0 Å². The molecule has 2 aliphatic rings. The Labute approximate surface area is 156 Å². The summed E-state index contributed by atoms with van der Waals surface area (Å²) in [5, 5.41) is 3.16. The summed E-state index contributed by atoms with van der Waals surface area (Å²) < 4.78 is 33.6. The molecule has 2 aliphatic heterocycles. The van der Waals surface area contributed by atoms with Crippen molar-refractivity contribution in [2.75, 3.05) is 17.4 Å². The maximum absolute atomic E-state index is 13.3. The third-order valence-electron chi connectivity index (χ3n) is 4.53. The molecule has 1 atom stereocenters. The van der Waals surface area contributed by atoms with E-state index in [9.17, 15) is 13.2 Å². The first kappa shape index (κ1) is 17.2. The van der Waals surface area contributed by atoms with Crippen LogP contribution in [0.25, 0.3) is 0 Å². The molecule has 0 aliphatic carbocycles. The molecule has 0 radical (unpaired) electrons. The Morgan fingerprint density at radius 2 is 2.04 bits per heavy atom. The number of hydrogen-bond donors (Lipinski definition) is 1. The zero-order valence-electron chi connectivity index (χ0n) is 14.0. The fourth-order valence-corrected chi connectivity index (χ4v) is 5.01. The van der Waals surface area contributed by atoms with Gasteiger partial charge in [-0.3, -0.25) is 9.10 Å².